The van der Waals surface area contributed by atoms with Crippen LogP contribution in [0.1, 0.15) is 27.3 Å². The Hall–Kier alpha value is -2.47. The fourth-order valence-electron chi connectivity index (χ4n) is 2.63. The van der Waals surface area contributed by atoms with Crippen molar-refractivity contribution in [2.45, 2.75) is 20.4 Å². The minimum absolute atomic E-state index is 0.191. The lowest BCUT2D eigenvalue weighted by molar-refractivity contribution is 0.102. The number of amides is 1. The van der Waals surface area contributed by atoms with Gasteiger partial charge in [0.1, 0.15) is 5.82 Å². The van der Waals surface area contributed by atoms with Gasteiger partial charge >= 0.3 is 0 Å². The van der Waals surface area contributed by atoms with Gasteiger partial charge in [-0.3, -0.25) is 9.48 Å². The summed E-state index contributed by atoms with van der Waals surface area (Å²) in [4.78, 5) is 12.4. The summed E-state index contributed by atoms with van der Waals surface area (Å²) in [5.74, 6) is -0.466. The standard InChI is InChI=1S/C19H17BrFN3O/c1-12-18(22-19(25)15-6-8-16(20)9-7-15)13(2)24(23-12)11-14-4-3-5-17(21)10-14/h3-10H,11H2,1-2H3,(H,22,25). The highest BCUT2D eigenvalue weighted by molar-refractivity contribution is 9.10. The van der Waals surface area contributed by atoms with E-state index in [0.717, 1.165) is 21.4 Å². The lowest BCUT2D eigenvalue weighted by Crippen LogP contribution is -2.13. The van der Waals surface area contributed by atoms with Gasteiger partial charge in [0.15, 0.2) is 0 Å². The first-order chi connectivity index (χ1) is 11.9. The molecule has 25 heavy (non-hydrogen) atoms. The number of carbonyl (C=O) groups excluding carboxylic acids is 1. The zero-order chi connectivity index (χ0) is 18.0. The van der Waals surface area contributed by atoms with Gasteiger partial charge in [0.2, 0.25) is 0 Å². The van der Waals surface area contributed by atoms with E-state index in [1.807, 2.05) is 32.0 Å². The maximum absolute atomic E-state index is 13.4. The third-order valence-corrected chi connectivity index (χ3v) is 4.48. The summed E-state index contributed by atoms with van der Waals surface area (Å²) < 4.78 is 16.0. The zero-order valence-electron chi connectivity index (χ0n) is 13.9. The van der Waals surface area contributed by atoms with Crippen molar-refractivity contribution in [1.29, 1.82) is 0 Å². The molecule has 4 nitrogen and oxygen atoms in total. The number of hydrogen-bond acceptors (Lipinski definition) is 2. The van der Waals surface area contributed by atoms with Crippen LogP contribution in [0.4, 0.5) is 10.1 Å². The number of anilines is 1. The Morgan fingerprint density at radius 2 is 1.92 bits per heavy atom. The number of halogens is 2. The molecule has 1 heterocycles. The van der Waals surface area contributed by atoms with Crippen molar-refractivity contribution in [2.75, 3.05) is 5.32 Å². The first kappa shape index (κ1) is 17.4. The van der Waals surface area contributed by atoms with Crippen LogP contribution in [0.25, 0.3) is 0 Å². The van der Waals surface area contributed by atoms with E-state index < -0.39 is 0 Å². The molecule has 0 aliphatic rings. The second-order valence-corrected chi connectivity index (χ2v) is 6.71. The Morgan fingerprint density at radius 3 is 2.60 bits per heavy atom. The van der Waals surface area contributed by atoms with Crippen LogP contribution < -0.4 is 5.32 Å². The molecule has 0 aliphatic heterocycles. The van der Waals surface area contributed by atoms with Gasteiger partial charge in [-0.2, -0.15) is 5.10 Å². The number of nitrogens with zero attached hydrogens (tertiary/aromatic N) is 2. The Labute approximate surface area is 153 Å². The Morgan fingerprint density at radius 1 is 1.20 bits per heavy atom. The van der Waals surface area contributed by atoms with Crippen molar-refractivity contribution >= 4 is 27.5 Å². The highest BCUT2D eigenvalue weighted by Crippen LogP contribution is 2.22. The zero-order valence-corrected chi connectivity index (χ0v) is 15.5. The number of rotatable bonds is 4. The van der Waals surface area contributed by atoms with Crippen LogP contribution in [-0.2, 0) is 6.54 Å². The van der Waals surface area contributed by atoms with Crippen molar-refractivity contribution < 1.29 is 9.18 Å². The smallest absolute Gasteiger partial charge is 0.255 e. The third kappa shape index (κ3) is 3.96. The maximum atomic E-state index is 13.4. The quantitative estimate of drug-likeness (QED) is 0.688. The van der Waals surface area contributed by atoms with Gasteiger partial charge in [-0.25, -0.2) is 4.39 Å². The van der Waals surface area contributed by atoms with Gasteiger partial charge in [-0.1, -0.05) is 28.1 Å². The molecule has 0 unspecified atom stereocenters. The fourth-order valence-corrected chi connectivity index (χ4v) is 2.89. The molecule has 3 aromatic rings. The molecule has 0 spiro atoms. The molecule has 1 N–H and O–H groups in total. The van der Waals surface area contributed by atoms with Crippen molar-refractivity contribution in [3.63, 3.8) is 0 Å². The predicted molar refractivity (Wildman–Crippen MR) is 99.3 cm³/mol. The van der Waals surface area contributed by atoms with Crippen molar-refractivity contribution in [3.05, 3.63) is 81.3 Å². The average molecular weight is 402 g/mol. The molecular formula is C19H17BrFN3O. The second-order valence-electron chi connectivity index (χ2n) is 5.79. The summed E-state index contributed by atoms with van der Waals surface area (Å²) in [6.45, 7) is 4.17. The molecule has 0 aliphatic carbocycles. The second kappa shape index (κ2) is 7.19. The summed E-state index contributed by atoms with van der Waals surface area (Å²) in [7, 11) is 0. The van der Waals surface area contributed by atoms with Crippen LogP contribution in [0, 0.1) is 19.7 Å². The van der Waals surface area contributed by atoms with Crippen LogP contribution >= 0.6 is 15.9 Å². The Bertz CT molecular complexity index is 919. The number of carbonyl (C=O) groups is 1. The fraction of sp³-hybridized carbons (Fsp3) is 0.158. The maximum Gasteiger partial charge on any atom is 0.255 e. The molecule has 2 aromatic carbocycles. The molecule has 0 bridgehead atoms. The lowest BCUT2D eigenvalue weighted by Gasteiger charge is -2.08. The number of nitrogens with one attached hydrogen (secondary N) is 1. The van der Waals surface area contributed by atoms with Crippen LogP contribution in [0.2, 0.25) is 0 Å². The molecule has 0 saturated carbocycles. The van der Waals surface area contributed by atoms with E-state index in [2.05, 4.69) is 26.3 Å². The molecule has 1 amide bonds. The first-order valence-electron chi connectivity index (χ1n) is 7.79. The van der Waals surface area contributed by atoms with E-state index in [9.17, 15) is 9.18 Å². The van der Waals surface area contributed by atoms with Crippen LogP contribution in [0.3, 0.4) is 0 Å². The first-order valence-corrected chi connectivity index (χ1v) is 8.58. The molecular weight excluding hydrogens is 385 g/mol. The van der Waals surface area contributed by atoms with E-state index in [1.54, 1.807) is 22.9 Å². The van der Waals surface area contributed by atoms with Crippen LogP contribution in [-0.4, -0.2) is 15.7 Å². The van der Waals surface area contributed by atoms with E-state index in [-0.39, 0.29) is 11.7 Å². The summed E-state index contributed by atoms with van der Waals surface area (Å²) in [6.07, 6.45) is 0. The number of aryl methyl sites for hydroxylation is 1. The molecule has 0 saturated heterocycles. The molecule has 0 fully saturated rings. The molecule has 0 radical (unpaired) electrons. The van der Waals surface area contributed by atoms with Crippen molar-refractivity contribution in [1.82, 2.24) is 9.78 Å². The predicted octanol–water partition coefficient (Wildman–Crippen LogP) is 4.70. The van der Waals surface area contributed by atoms with Crippen molar-refractivity contribution in [3.8, 4) is 0 Å². The van der Waals surface area contributed by atoms with E-state index >= 15 is 0 Å². The largest absolute Gasteiger partial charge is 0.319 e. The Kier molecular flexibility index (Phi) is 4.99. The third-order valence-electron chi connectivity index (χ3n) is 3.95. The highest BCUT2D eigenvalue weighted by Gasteiger charge is 2.15. The molecule has 128 valence electrons. The monoisotopic (exact) mass is 401 g/mol. The van der Waals surface area contributed by atoms with Crippen LogP contribution in [0.15, 0.2) is 53.0 Å². The number of aromatic nitrogens is 2. The van der Waals surface area contributed by atoms with Gasteiger partial charge in [-0.05, 0) is 55.8 Å². The van der Waals surface area contributed by atoms with Crippen molar-refractivity contribution in [2.24, 2.45) is 0 Å². The molecule has 0 atom stereocenters. The molecule has 3 rings (SSSR count). The average Bonchev–Trinajstić information content (AvgIpc) is 2.83. The summed E-state index contributed by atoms with van der Waals surface area (Å²) in [5.41, 5.74) is 3.62. The van der Waals surface area contributed by atoms with E-state index in [0.29, 0.717) is 17.8 Å². The molecule has 1 aromatic heterocycles. The topological polar surface area (TPSA) is 46.9 Å². The summed E-state index contributed by atoms with van der Waals surface area (Å²) >= 11 is 3.35. The Balaban J connectivity index is 1.82. The van der Waals surface area contributed by atoms with Crippen LogP contribution in [0.5, 0.6) is 0 Å². The van der Waals surface area contributed by atoms with E-state index in [4.69, 9.17) is 0 Å². The minimum Gasteiger partial charge on any atom is -0.319 e. The summed E-state index contributed by atoms with van der Waals surface area (Å²) in [5, 5.41) is 7.39. The summed E-state index contributed by atoms with van der Waals surface area (Å²) in [6, 6.07) is 13.6. The normalized spacial score (nSPS) is 10.7. The lowest BCUT2D eigenvalue weighted by atomic mass is 10.2. The van der Waals surface area contributed by atoms with Gasteiger partial charge in [-0.15, -0.1) is 0 Å². The SMILES string of the molecule is Cc1nn(Cc2cccc(F)c2)c(C)c1NC(=O)c1ccc(Br)cc1. The van der Waals surface area contributed by atoms with Gasteiger partial charge in [0.25, 0.3) is 5.91 Å². The van der Waals surface area contributed by atoms with Gasteiger partial charge in [0, 0.05) is 10.0 Å². The highest BCUT2D eigenvalue weighted by atomic mass is 79.9. The molecule has 6 heteroatoms. The minimum atomic E-state index is -0.275. The number of hydrogen-bond donors (Lipinski definition) is 1. The van der Waals surface area contributed by atoms with Gasteiger partial charge < -0.3 is 5.32 Å². The number of benzene rings is 2. The van der Waals surface area contributed by atoms with Gasteiger partial charge in [0.05, 0.1) is 23.6 Å². The van der Waals surface area contributed by atoms with E-state index in [1.165, 1.54) is 12.1 Å².